The molecule has 3 nitrogen and oxygen atoms in total. The summed E-state index contributed by atoms with van der Waals surface area (Å²) in [6, 6.07) is 10.7. The summed E-state index contributed by atoms with van der Waals surface area (Å²) in [7, 11) is 1.96. The Kier molecular flexibility index (Phi) is 5.72. The maximum Gasteiger partial charge on any atom is 0.153 e. The summed E-state index contributed by atoms with van der Waals surface area (Å²) < 4.78 is 4.10. The van der Waals surface area contributed by atoms with Crippen LogP contribution in [0.3, 0.4) is 0 Å². The van der Waals surface area contributed by atoms with Gasteiger partial charge in [0.15, 0.2) is 5.15 Å². The van der Waals surface area contributed by atoms with E-state index in [-0.39, 0.29) is 0 Å². The SMILES string of the molecule is CNC(C)c1ccc(SNc2cc(Br)cnc2Cl)cc1. The van der Waals surface area contributed by atoms with E-state index in [2.05, 4.69) is 62.1 Å². The van der Waals surface area contributed by atoms with E-state index in [1.54, 1.807) is 6.20 Å². The van der Waals surface area contributed by atoms with Gasteiger partial charge in [-0.2, -0.15) is 0 Å². The van der Waals surface area contributed by atoms with Crippen molar-refractivity contribution < 1.29 is 0 Å². The molecule has 0 saturated carbocycles. The molecule has 1 heterocycles. The molecule has 0 aliphatic heterocycles. The molecule has 1 aromatic heterocycles. The fourth-order valence-corrected chi connectivity index (χ4v) is 2.79. The summed E-state index contributed by atoms with van der Waals surface area (Å²) >= 11 is 10.9. The maximum absolute atomic E-state index is 6.03. The lowest BCUT2D eigenvalue weighted by atomic mass is 10.1. The van der Waals surface area contributed by atoms with E-state index in [9.17, 15) is 0 Å². The van der Waals surface area contributed by atoms with E-state index in [4.69, 9.17) is 11.6 Å². The van der Waals surface area contributed by atoms with Crippen molar-refractivity contribution in [1.29, 1.82) is 0 Å². The second kappa shape index (κ2) is 7.31. The largest absolute Gasteiger partial charge is 0.323 e. The summed E-state index contributed by atoms with van der Waals surface area (Å²) in [5, 5.41) is 3.68. The molecule has 2 N–H and O–H groups in total. The number of rotatable bonds is 5. The predicted molar refractivity (Wildman–Crippen MR) is 90.3 cm³/mol. The van der Waals surface area contributed by atoms with Crippen LogP contribution in [0.25, 0.3) is 0 Å². The van der Waals surface area contributed by atoms with Crippen molar-refractivity contribution in [3.05, 3.63) is 51.7 Å². The molecule has 0 amide bonds. The van der Waals surface area contributed by atoms with E-state index in [1.807, 2.05) is 13.1 Å². The van der Waals surface area contributed by atoms with E-state index in [0.29, 0.717) is 11.2 Å². The van der Waals surface area contributed by atoms with Crippen molar-refractivity contribution in [3.63, 3.8) is 0 Å². The molecule has 0 spiro atoms. The number of aromatic nitrogens is 1. The minimum Gasteiger partial charge on any atom is -0.323 e. The van der Waals surface area contributed by atoms with Crippen LogP contribution in [0.4, 0.5) is 5.69 Å². The zero-order valence-corrected chi connectivity index (χ0v) is 14.3. The number of nitrogens with one attached hydrogen (secondary N) is 2. The van der Waals surface area contributed by atoms with Crippen LogP contribution in [0.15, 0.2) is 45.9 Å². The van der Waals surface area contributed by atoms with Gasteiger partial charge in [0.25, 0.3) is 0 Å². The Morgan fingerprint density at radius 2 is 2.00 bits per heavy atom. The number of pyridine rings is 1. The zero-order valence-electron chi connectivity index (χ0n) is 11.2. The Hall–Kier alpha value is -0.750. The number of halogens is 2. The highest BCUT2D eigenvalue weighted by atomic mass is 79.9. The average Bonchev–Trinajstić information content (AvgIpc) is 2.48. The minimum atomic E-state index is 0.353. The summed E-state index contributed by atoms with van der Waals surface area (Å²) in [4.78, 5) is 5.19. The van der Waals surface area contributed by atoms with Crippen molar-refractivity contribution in [2.45, 2.75) is 17.9 Å². The van der Waals surface area contributed by atoms with E-state index >= 15 is 0 Å². The zero-order chi connectivity index (χ0) is 14.5. The minimum absolute atomic E-state index is 0.353. The fourth-order valence-electron chi connectivity index (χ4n) is 1.60. The molecule has 0 aliphatic rings. The monoisotopic (exact) mass is 371 g/mol. The number of hydrogen-bond donors (Lipinski definition) is 2. The number of hydrogen-bond acceptors (Lipinski definition) is 4. The number of nitrogens with zero attached hydrogens (tertiary/aromatic N) is 1. The summed E-state index contributed by atoms with van der Waals surface area (Å²) in [6.45, 7) is 2.13. The van der Waals surface area contributed by atoms with Crippen LogP contribution in [-0.4, -0.2) is 12.0 Å². The second-order valence-corrected chi connectivity index (χ2v) is 6.43. The second-order valence-electron chi connectivity index (χ2n) is 4.28. The number of anilines is 1. The third kappa shape index (κ3) is 4.12. The molecule has 0 radical (unpaired) electrons. The van der Waals surface area contributed by atoms with Crippen LogP contribution in [0.2, 0.25) is 5.15 Å². The lowest BCUT2D eigenvalue weighted by Gasteiger charge is -2.11. The lowest BCUT2D eigenvalue weighted by molar-refractivity contribution is 0.652. The van der Waals surface area contributed by atoms with Crippen molar-refractivity contribution in [1.82, 2.24) is 10.3 Å². The summed E-state index contributed by atoms with van der Waals surface area (Å²) in [6.07, 6.45) is 1.67. The van der Waals surface area contributed by atoms with E-state index < -0.39 is 0 Å². The van der Waals surface area contributed by atoms with Gasteiger partial charge in [-0.05, 0) is 65.6 Å². The van der Waals surface area contributed by atoms with Gasteiger partial charge in [-0.15, -0.1) is 0 Å². The summed E-state index contributed by atoms with van der Waals surface area (Å²) in [5.41, 5.74) is 2.05. The first kappa shape index (κ1) is 15.6. The predicted octanol–water partition coefficient (Wildman–Crippen LogP) is 4.90. The molecule has 0 saturated heterocycles. The van der Waals surface area contributed by atoms with Gasteiger partial charge in [-0.1, -0.05) is 23.7 Å². The van der Waals surface area contributed by atoms with Gasteiger partial charge >= 0.3 is 0 Å². The Labute approximate surface area is 136 Å². The van der Waals surface area contributed by atoms with Gasteiger partial charge in [0.05, 0.1) is 5.69 Å². The van der Waals surface area contributed by atoms with Crippen LogP contribution in [0, 0.1) is 0 Å². The van der Waals surface area contributed by atoms with E-state index in [1.165, 1.54) is 17.5 Å². The summed E-state index contributed by atoms with van der Waals surface area (Å²) in [5.74, 6) is 0. The highest BCUT2D eigenvalue weighted by Gasteiger charge is 2.05. The lowest BCUT2D eigenvalue weighted by Crippen LogP contribution is -2.11. The van der Waals surface area contributed by atoms with Crippen LogP contribution in [-0.2, 0) is 0 Å². The Bertz CT molecular complexity index is 577. The van der Waals surface area contributed by atoms with E-state index in [0.717, 1.165) is 15.1 Å². The average molecular weight is 373 g/mol. The van der Waals surface area contributed by atoms with Gasteiger partial charge in [0, 0.05) is 21.6 Å². The van der Waals surface area contributed by atoms with Gasteiger partial charge in [0.1, 0.15) is 0 Å². The fraction of sp³-hybridized carbons (Fsp3) is 0.214. The smallest absolute Gasteiger partial charge is 0.153 e. The number of benzene rings is 1. The molecule has 6 heteroatoms. The van der Waals surface area contributed by atoms with Crippen LogP contribution in [0.1, 0.15) is 18.5 Å². The molecule has 1 atom stereocenters. The highest BCUT2D eigenvalue weighted by Crippen LogP contribution is 2.28. The van der Waals surface area contributed by atoms with Crippen molar-refractivity contribution in [2.75, 3.05) is 11.8 Å². The highest BCUT2D eigenvalue weighted by molar-refractivity contribution is 9.10. The molecular weight excluding hydrogens is 358 g/mol. The van der Waals surface area contributed by atoms with Gasteiger partial charge < -0.3 is 10.0 Å². The van der Waals surface area contributed by atoms with Crippen LogP contribution in [0.5, 0.6) is 0 Å². The Morgan fingerprint density at radius 1 is 1.30 bits per heavy atom. The first-order valence-corrected chi connectivity index (χ1v) is 8.10. The Balaban J connectivity index is 2.02. The van der Waals surface area contributed by atoms with Gasteiger partial charge in [-0.25, -0.2) is 4.98 Å². The Morgan fingerprint density at radius 3 is 2.65 bits per heavy atom. The van der Waals surface area contributed by atoms with Gasteiger partial charge in [-0.3, -0.25) is 0 Å². The molecule has 0 aliphatic carbocycles. The molecule has 20 heavy (non-hydrogen) atoms. The molecule has 2 rings (SSSR count). The van der Waals surface area contributed by atoms with Crippen molar-refractivity contribution in [3.8, 4) is 0 Å². The van der Waals surface area contributed by atoms with Crippen molar-refractivity contribution >= 4 is 45.2 Å². The molecule has 0 fully saturated rings. The first-order chi connectivity index (χ1) is 9.60. The molecule has 106 valence electrons. The third-order valence-electron chi connectivity index (χ3n) is 2.90. The van der Waals surface area contributed by atoms with Crippen LogP contribution >= 0.6 is 39.5 Å². The maximum atomic E-state index is 6.03. The molecule has 2 aromatic rings. The first-order valence-electron chi connectivity index (χ1n) is 6.11. The molecule has 1 aromatic carbocycles. The normalized spacial score (nSPS) is 12.2. The van der Waals surface area contributed by atoms with Crippen molar-refractivity contribution in [2.24, 2.45) is 0 Å². The van der Waals surface area contributed by atoms with Gasteiger partial charge in [0.2, 0.25) is 0 Å². The topological polar surface area (TPSA) is 37.0 Å². The molecular formula is C14H15BrClN3S. The molecule has 1 unspecified atom stereocenters. The molecule has 0 bridgehead atoms. The van der Waals surface area contributed by atoms with Crippen LogP contribution < -0.4 is 10.0 Å². The third-order valence-corrected chi connectivity index (χ3v) is 4.46. The quantitative estimate of drug-likeness (QED) is 0.578. The standard InChI is InChI=1S/C14H15BrClN3S/c1-9(17-2)10-3-5-12(6-4-10)20-19-13-7-11(15)8-18-14(13)16/h3-9,17,19H,1-2H3.